The van der Waals surface area contributed by atoms with E-state index in [1.807, 2.05) is 25.6 Å². The Morgan fingerprint density at radius 1 is 1.29 bits per heavy atom. The van der Waals surface area contributed by atoms with Gasteiger partial charge in [-0.1, -0.05) is 32.0 Å². The zero-order chi connectivity index (χ0) is 17.4. The van der Waals surface area contributed by atoms with Gasteiger partial charge in [0.1, 0.15) is 0 Å². The summed E-state index contributed by atoms with van der Waals surface area (Å²) >= 11 is 1.95. The van der Waals surface area contributed by atoms with Gasteiger partial charge in [0.25, 0.3) is 0 Å². The smallest absolute Gasteiger partial charge is 0.222 e. The van der Waals surface area contributed by atoms with Crippen molar-refractivity contribution in [1.82, 2.24) is 10.2 Å². The maximum absolute atomic E-state index is 11.7. The van der Waals surface area contributed by atoms with E-state index in [1.165, 1.54) is 30.7 Å². The molecule has 2 rings (SSSR count). The molecule has 0 aliphatic carbocycles. The first kappa shape index (κ1) is 19.3. The van der Waals surface area contributed by atoms with Crippen LogP contribution in [0, 0.1) is 11.8 Å². The topological polar surface area (TPSA) is 32.3 Å². The van der Waals surface area contributed by atoms with Gasteiger partial charge in [0.2, 0.25) is 5.91 Å². The lowest BCUT2D eigenvalue weighted by molar-refractivity contribution is -0.124. The lowest BCUT2D eigenvalue weighted by Gasteiger charge is -2.37. The van der Waals surface area contributed by atoms with Crippen LogP contribution >= 0.6 is 11.8 Å². The van der Waals surface area contributed by atoms with E-state index in [4.69, 9.17) is 0 Å². The summed E-state index contributed by atoms with van der Waals surface area (Å²) in [7, 11) is 0. The van der Waals surface area contributed by atoms with E-state index in [-0.39, 0.29) is 11.8 Å². The minimum absolute atomic E-state index is 0.0821. The highest BCUT2D eigenvalue weighted by molar-refractivity contribution is 7.99. The van der Waals surface area contributed by atoms with Gasteiger partial charge < -0.3 is 10.2 Å². The molecule has 1 aromatic carbocycles. The summed E-state index contributed by atoms with van der Waals surface area (Å²) in [6.45, 7) is 9.41. The molecule has 0 bridgehead atoms. The number of thioether (sulfide) groups is 1. The van der Waals surface area contributed by atoms with Gasteiger partial charge in [-0.05, 0) is 56.5 Å². The second kappa shape index (κ2) is 10.1. The molecule has 0 radical (unpaired) electrons. The van der Waals surface area contributed by atoms with E-state index in [0.29, 0.717) is 12.0 Å². The predicted molar refractivity (Wildman–Crippen MR) is 103 cm³/mol. The molecule has 3 nitrogen and oxygen atoms in total. The number of carbonyl (C=O) groups is 1. The lowest BCUT2D eigenvalue weighted by atomic mass is 9.96. The number of likely N-dealkylation sites (tertiary alicyclic amines) is 1. The van der Waals surface area contributed by atoms with Gasteiger partial charge in [-0.25, -0.2) is 0 Å². The van der Waals surface area contributed by atoms with Crippen molar-refractivity contribution >= 4 is 17.7 Å². The largest absolute Gasteiger partial charge is 0.356 e. The molecular weight excluding hydrogens is 316 g/mol. The van der Waals surface area contributed by atoms with E-state index >= 15 is 0 Å². The molecular formula is C20H32N2OS. The minimum Gasteiger partial charge on any atom is -0.356 e. The molecule has 1 heterocycles. The molecule has 2 atom stereocenters. The SMILES string of the molecule is CC(C)C(=O)NC[C@H]1CCCN([C@H](C)CCSc2ccccc2)C1. The van der Waals surface area contributed by atoms with E-state index in [2.05, 4.69) is 47.5 Å². The molecule has 1 aliphatic rings. The van der Waals surface area contributed by atoms with E-state index in [1.54, 1.807) is 0 Å². The van der Waals surface area contributed by atoms with Crippen LogP contribution in [-0.2, 0) is 4.79 Å². The van der Waals surface area contributed by atoms with Crippen LogP contribution < -0.4 is 5.32 Å². The molecule has 1 fully saturated rings. The van der Waals surface area contributed by atoms with Crippen LogP contribution in [-0.4, -0.2) is 42.2 Å². The zero-order valence-electron chi connectivity index (χ0n) is 15.3. The van der Waals surface area contributed by atoms with Crippen LogP contribution in [0.2, 0.25) is 0 Å². The van der Waals surface area contributed by atoms with Gasteiger partial charge in [-0.3, -0.25) is 4.79 Å². The van der Waals surface area contributed by atoms with Gasteiger partial charge in [0, 0.05) is 29.9 Å². The molecule has 24 heavy (non-hydrogen) atoms. The summed E-state index contributed by atoms with van der Waals surface area (Å²) in [6, 6.07) is 11.3. The van der Waals surface area contributed by atoms with E-state index in [9.17, 15) is 4.79 Å². The lowest BCUT2D eigenvalue weighted by Crippen LogP contribution is -2.45. The van der Waals surface area contributed by atoms with Crippen LogP contribution in [0.15, 0.2) is 35.2 Å². The number of carbonyl (C=O) groups excluding carboxylic acids is 1. The standard InChI is InChI=1S/C20H32N2OS/c1-16(2)20(23)21-14-18-8-7-12-22(15-18)17(3)11-13-24-19-9-5-4-6-10-19/h4-6,9-10,16-18H,7-8,11-15H2,1-3H3,(H,21,23)/t17-,18-/m1/s1. The van der Waals surface area contributed by atoms with Crippen molar-refractivity contribution < 1.29 is 4.79 Å². The normalized spacial score (nSPS) is 20.1. The van der Waals surface area contributed by atoms with Crippen molar-refractivity contribution in [1.29, 1.82) is 0 Å². The maximum atomic E-state index is 11.7. The minimum atomic E-state index is 0.0821. The molecule has 1 amide bonds. The second-order valence-corrected chi connectivity index (χ2v) is 8.37. The second-order valence-electron chi connectivity index (χ2n) is 7.20. The first-order valence-corrected chi connectivity index (χ1v) is 10.2. The third-order valence-electron chi connectivity index (χ3n) is 4.81. The van der Waals surface area contributed by atoms with Crippen LogP contribution in [0.3, 0.4) is 0 Å². The molecule has 0 unspecified atom stereocenters. The van der Waals surface area contributed by atoms with Crippen LogP contribution in [0.1, 0.15) is 40.0 Å². The van der Waals surface area contributed by atoms with Gasteiger partial charge in [0.05, 0.1) is 0 Å². The van der Waals surface area contributed by atoms with E-state index < -0.39 is 0 Å². The summed E-state index contributed by atoms with van der Waals surface area (Å²) in [4.78, 5) is 15.7. The molecule has 1 saturated heterocycles. The highest BCUT2D eigenvalue weighted by Gasteiger charge is 2.23. The Bertz CT molecular complexity index is 492. The summed E-state index contributed by atoms with van der Waals surface area (Å²) in [5, 5.41) is 3.11. The third kappa shape index (κ3) is 6.48. The van der Waals surface area contributed by atoms with Gasteiger partial charge in [0.15, 0.2) is 0 Å². The third-order valence-corrected chi connectivity index (χ3v) is 5.86. The van der Waals surface area contributed by atoms with Crippen molar-refractivity contribution in [2.24, 2.45) is 11.8 Å². The summed E-state index contributed by atoms with van der Waals surface area (Å²) in [6.07, 6.45) is 3.70. The highest BCUT2D eigenvalue weighted by Crippen LogP contribution is 2.23. The molecule has 134 valence electrons. The number of piperidine rings is 1. The molecule has 4 heteroatoms. The average molecular weight is 349 g/mol. The van der Waals surface area contributed by atoms with Crippen molar-refractivity contribution in [3.63, 3.8) is 0 Å². The molecule has 0 spiro atoms. The fourth-order valence-corrected chi connectivity index (χ4v) is 4.20. The quantitative estimate of drug-likeness (QED) is 0.720. The maximum Gasteiger partial charge on any atom is 0.222 e. The number of rotatable bonds is 8. The number of hydrogen-bond donors (Lipinski definition) is 1. The van der Waals surface area contributed by atoms with Crippen LogP contribution in [0.4, 0.5) is 0 Å². The molecule has 1 aromatic rings. The Labute approximate surface area is 151 Å². The summed E-state index contributed by atoms with van der Waals surface area (Å²) < 4.78 is 0. The Kier molecular flexibility index (Phi) is 8.13. The molecule has 1 aliphatic heterocycles. The van der Waals surface area contributed by atoms with Gasteiger partial charge in [-0.15, -0.1) is 11.8 Å². The molecule has 0 saturated carbocycles. The number of amides is 1. The fourth-order valence-electron chi connectivity index (χ4n) is 3.16. The molecule has 1 N–H and O–H groups in total. The fraction of sp³-hybridized carbons (Fsp3) is 0.650. The molecule has 0 aromatic heterocycles. The number of nitrogens with zero attached hydrogens (tertiary/aromatic N) is 1. The first-order valence-electron chi connectivity index (χ1n) is 9.26. The van der Waals surface area contributed by atoms with Crippen molar-refractivity contribution in [3.8, 4) is 0 Å². The number of benzene rings is 1. The van der Waals surface area contributed by atoms with Crippen molar-refractivity contribution in [3.05, 3.63) is 30.3 Å². The Balaban J connectivity index is 1.69. The Hall–Kier alpha value is -1.00. The van der Waals surface area contributed by atoms with Gasteiger partial charge >= 0.3 is 0 Å². The van der Waals surface area contributed by atoms with Crippen molar-refractivity contribution in [2.75, 3.05) is 25.4 Å². The summed E-state index contributed by atoms with van der Waals surface area (Å²) in [5.74, 6) is 2.03. The van der Waals surface area contributed by atoms with Crippen LogP contribution in [0.25, 0.3) is 0 Å². The summed E-state index contributed by atoms with van der Waals surface area (Å²) in [5.41, 5.74) is 0. The van der Waals surface area contributed by atoms with Crippen LogP contribution in [0.5, 0.6) is 0 Å². The predicted octanol–water partition coefficient (Wildman–Crippen LogP) is 4.04. The Morgan fingerprint density at radius 2 is 2.04 bits per heavy atom. The van der Waals surface area contributed by atoms with E-state index in [0.717, 1.165) is 18.8 Å². The Morgan fingerprint density at radius 3 is 2.75 bits per heavy atom. The first-order chi connectivity index (χ1) is 11.6. The number of hydrogen-bond acceptors (Lipinski definition) is 3. The van der Waals surface area contributed by atoms with Gasteiger partial charge in [-0.2, -0.15) is 0 Å². The average Bonchev–Trinajstić information content (AvgIpc) is 2.60. The monoisotopic (exact) mass is 348 g/mol. The number of nitrogens with one attached hydrogen (secondary N) is 1. The zero-order valence-corrected chi connectivity index (χ0v) is 16.1. The van der Waals surface area contributed by atoms with Crippen molar-refractivity contribution in [2.45, 2.75) is 51.0 Å². The highest BCUT2D eigenvalue weighted by atomic mass is 32.2.